The van der Waals surface area contributed by atoms with Crippen LogP contribution in [0.3, 0.4) is 0 Å². The average Bonchev–Trinajstić information content (AvgIpc) is 2.67. The summed E-state index contributed by atoms with van der Waals surface area (Å²) in [7, 11) is 0. The summed E-state index contributed by atoms with van der Waals surface area (Å²) in [6.45, 7) is 0. The Balaban J connectivity index is 1.93. The molecule has 0 heterocycles. The molecule has 0 atom stereocenters. The number of hydrogen-bond acceptors (Lipinski definition) is 1. The van der Waals surface area contributed by atoms with E-state index < -0.39 is 0 Å². The van der Waals surface area contributed by atoms with E-state index in [1.165, 1.54) is 0 Å². The van der Waals surface area contributed by atoms with Gasteiger partial charge < -0.3 is 0 Å². The van der Waals surface area contributed by atoms with Crippen LogP contribution in [0.2, 0.25) is 0 Å². The topological polar surface area (TPSA) is 12.4 Å². The van der Waals surface area contributed by atoms with Gasteiger partial charge in [0.1, 0.15) is 5.71 Å². The number of benzene rings is 3. The molecule has 0 saturated carbocycles. The van der Waals surface area contributed by atoms with Crippen LogP contribution in [0.1, 0.15) is 16.7 Å². The van der Waals surface area contributed by atoms with Crippen molar-refractivity contribution < 1.29 is 0 Å². The molecule has 0 aliphatic carbocycles. The lowest BCUT2D eigenvalue weighted by atomic mass is 10.2. The molecule has 0 bridgehead atoms. The van der Waals surface area contributed by atoms with E-state index in [9.17, 15) is 0 Å². The van der Waals surface area contributed by atoms with Gasteiger partial charge in [-0.3, -0.25) is 0 Å². The fraction of sp³-hybridized carbons (Fsp3) is 0. The maximum Gasteiger partial charge on any atom is 0.131 e. The average molecular weight is 306 g/mol. The maximum atomic E-state index is 4.39. The molecule has 3 aromatic carbocycles. The first-order valence-corrected chi connectivity index (χ1v) is 7.68. The van der Waals surface area contributed by atoms with Gasteiger partial charge in [0, 0.05) is 22.7 Å². The minimum Gasteiger partial charge on any atom is -0.188 e. The van der Waals surface area contributed by atoms with E-state index in [0.29, 0.717) is 5.71 Å². The predicted octanol–water partition coefficient (Wildman–Crippen LogP) is 4.54. The van der Waals surface area contributed by atoms with Crippen molar-refractivity contribution in [1.82, 2.24) is 0 Å². The second-order valence-electron chi connectivity index (χ2n) is 5.05. The van der Waals surface area contributed by atoms with Crippen LogP contribution < -0.4 is 0 Å². The van der Waals surface area contributed by atoms with Crippen molar-refractivity contribution in [3.05, 3.63) is 108 Å². The fourth-order valence-electron chi connectivity index (χ4n) is 2.08. The summed E-state index contributed by atoms with van der Waals surface area (Å²) in [5.74, 6) is 9.32. The Morgan fingerprint density at radius 3 is 1.67 bits per heavy atom. The molecule has 0 saturated heterocycles. The molecular weight excluding hydrogens is 291 g/mol. The van der Waals surface area contributed by atoms with Crippen LogP contribution in [-0.4, -0.2) is 5.71 Å². The predicted molar refractivity (Wildman–Crippen MR) is 99.6 cm³/mol. The lowest BCUT2D eigenvalue weighted by molar-refractivity contribution is 1.58. The summed E-state index contributed by atoms with van der Waals surface area (Å²) in [5, 5.41) is 0. The van der Waals surface area contributed by atoms with Crippen LogP contribution in [0.25, 0.3) is 0 Å². The first kappa shape index (κ1) is 15.3. The molecule has 3 rings (SSSR count). The van der Waals surface area contributed by atoms with Crippen LogP contribution in [0.4, 0.5) is 0 Å². The van der Waals surface area contributed by atoms with Crippen molar-refractivity contribution >= 4 is 5.71 Å². The van der Waals surface area contributed by atoms with Crippen LogP contribution in [0.15, 0.2) is 96.0 Å². The van der Waals surface area contributed by atoms with Crippen molar-refractivity contribution in [2.24, 2.45) is 4.99 Å². The Hall–Kier alpha value is -3.55. The Morgan fingerprint density at radius 2 is 1.08 bits per heavy atom. The summed E-state index contributed by atoms with van der Waals surface area (Å²) < 4.78 is 0. The molecule has 112 valence electrons. The molecule has 0 radical (unpaired) electrons. The third-order valence-electron chi connectivity index (χ3n) is 3.29. The molecule has 0 unspecified atom stereocenters. The third kappa shape index (κ3) is 4.47. The lowest BCUT2D eigenvalue weighted by Crippen LogP contribution is -1.96. The van der Waals surface area contributed by atoms with E-state index in [2.05, 4.69) is 28.8 Å². The molecule has 3 aromatic rings. The molecule has 1 nitrogen and oxygen atoms in total. The van der Waals surface area contributed by atoms with Gasteiger partial charge in [-0.05, 0) is 36.1 Å². The Kier molecular flexibility index (Phi) is 5.23. The Labute approximate surface area is 142 Å². The van der Waals surface area contributed by atoms with Gasteiger partial charge in [-0.2, -0.15) is 4.99 Å². The van der Waals surface area contributed by atoms with Crippen LogP contribution in [0, 0.1) is 23.8 Å². The van der Waals surface area contributed by atoms with Gasteiger partial charge in [0.2, 0.25) is 0 Å². The van der Waals surface area contributed by atoms with Crippen molar-refractivity contribution in [3.63, 3.8) is 0 Å². The number of nitrogens with zero attached hydrogens (tertiary/aromatic N) is 1. The fourth-order valence-corrected chi connectivity index (χ4v) is 2.08. The molecular formula is C23H15N. The summed E-state index contributed by atoms with van der Waals surface area (Å²) in [6.07, 6.45) is 0. The lowest BCUT2D eigenvalue weighted by Gasteiger charge is -1.96. The molecule has 24 heavy (non-hydrogen) atoms. The van der Waals surface area contributed by atoms with Crippen molar-refractivity contribution in [2.45, 2.75) is 0 Å². The van der Waals surface area contributed by atoms with Crippen LogP contribution in [0.5, 0.6) is 0 Å². The highest BCUT2D eigenvalue weighted by molar-refractivity contribution is 6.13. The third-order valence-corrected chi connectivity index (χ3v) is 3.29. The van der Waals surface area contributed by atoms with E-state index in [1.54, 1.807) is 0 Å². The van der Waals surface area contributed by atoms with Crippen molar-refractivity contribution in [1.29, 1.82) is 0 Å². The molecule has 0 spiro atoms. The van der Waals surface area contributed by atoms with Crippen LogP contribution in [-0.2, 0) is 0 Å². The van der Waals surface area contributed by atoms with Gasteiger partial charge in [-0.15, -0.1) is 0 Å². The molecule has 0 aliphatic heterocycles. The van der Waals surface area contributed by atoms with Crippen LogP contribution >= 0.6 is 0 Å². The summed E-state index contributed by atoms with van der Waals surface area (Å²) >= 11 is 0. The molecule has 0 aliphatic rings. The Bertz CT molecular complexity index is 932. The molecule has 0 fully saturated rings. The first-order valence-electron chi connectivity index (χ1n) is 7.68. The number of rotatable bonds is 1. The second-order valence-corrected chi connectivity index (χ2v) is 5.05. The molecule has 0 aromatic heterocycles. The standard InChI is InChI=1S/C23H15N/c1-4-10-20(11-5-1)16-17-23(22-14-8-3-9-15-22)24-19-18-21-12-6-2-7-13-21/h1-15H/i23+1. The second kappa shape index (κ2) is 8.18. The van der Waals surface area contributed by atoms with Gasteiger partial charge in [0.15, 0.2) is 0 Å². The van der Waals surface area contributed by atoms with E-state index >= 15 is 0 Å². The van der Waals surface area contributed by atoms with Crippen molar-refractivity contribution in [2.75, 3.05) is 0 Å². The monoisotopic (exact) mass is 306 g/mol. The van der Waals surface area contributed by atoms with Crippen molar-refractivity contribution in [3.8, 4) is 23.8 Å². The minimum atomic E-state index is 0.669. The molecule has 0 amide bonds. The minimum absolute atomic E-state index is 0.669. The number of aliphatic imine (C=N–C) groups is 1. The van der Waals surface area contributed by atoms with E-state index in [-0.39, 0.29) is 0 Å². The zero-order chi connectivity index (χ0) is 16.5. The summed E-state index contributed by atoms with van der Waals surface area (Å²) in [4.78, 5) is 4.39. The molecule has 0 N–H and O–H groups in total. The van der Waals surface area contributed by atoms with E-state index in [0.717, 1.165) is 16.7 Å². The van der Waals surface area contributed by atoms with Gasteiger partial charge in [0.05, 0.1) is 0 Å². The van der Waals surface area contributed by atoms with Gasteiger partial charge in [-0.1, -0.05) is 72.7 Å². The van der Waals surface area contributed by atoms with Gasteiger partial charge in [0.25, 0.3) is 0 Å². The van der Waals surface area contributed by atoms with E-state index in [4.69, 9.17) is 0 Å². The van der Waals surface area contributed by atoms with Gasteiger partial charge in [-0.25, -0.2) is 0 Å². The molecule has 1 heteroatoms. The van der Waals surface area contributed by atoms with Gasteiger partial charge >= 0.3 is 0 Å². The normalized spacial score (nSPS) is 10.1. The summed E-state index contributed by atoms with van der Waals surface area (Å²) in [5.41, 5.74) is 3.52. The summed E-state index contributed by atoms with van der Waals surface area (Å²) in [6, 6.07) is 32.4. The maximum absolute atomic E-state index is 4.39. The van der Waals surface area contributed by atoms with E-state index in [1.807, 2.05) is 91.0 Å². The highest BCUT2D eigenvalue weighted by Gasteiger charge is 1.98. The largest absolute Gasteiger partial charge is 0.188 e. The highest BCUT2D eigenvalue weighted by Crippen LogP contribution is 2.02. The Morgan fingerprint density at radius 1 is 0.583 bits per heavy atom. The SMILES string of the molecule is C(#Cc1ccccc1)N=[13C](C#Cc1ccccc1)c1ccccc1. The highest BCUT2D eigenvalue weighted by atomic mass is 14.9. The quantitative estimate of drug-likeness (QED) is 0.356. The smallest absolute Gasteiger partial charge is 0.131 e. The number of hydrogen-bond donors (Lipinski definition) is 0. The zero-order valence-electron chi connectivity index (χ0n) is 13.1. The zero-order valence-corrected chi connectivity index (χ0v) is 13.1. The first-order chi connectivity index (χ1) is 11.9.